The first-order valence-corrected chi connectivity index (χ1v) is 6.81. The van der Waals surface area contributed by atoms with Gasteiger partial charge in [0.15, 0.2) is 0 Å². The first kappa shape index (κ1) is 13.9. The van der Waals surface area contributed by atoms with Crippen LogP contribution in [-0.2, 0) is 0 Å². The molecule has 0 aliphatic carbocycles. The molecule has 0 fully saturated rings. The largest absolute Gasteiger partial charge is 0.274 e. The minimum atomic E-state index is -0.574. The highest BCUT2D eigenvalue weighted by atomic mass is 19.1. The van der Waals surface area contributed by atoms with Gasteiger partial charge in [-0.25, -0.2) is 9.82 Å². The minimum Gasteiger partial charge on any atom is -0.267 e. The van der Waals surface area contributed by atoms with Crippen LogP contribution in [0.1, 0.15) is 15.9 Å². The van der Waals surface area contributed by atoms with Gasteiger partial charge in [0, 0.05) is 5.56 Å². The van der Waals surface area contributed by atoms with Gasteiger partial charge in [-0.2, -0.15) is 5.10 Å². The Balaban J connectivity index is 1.80. The fourth-order valence-electron chi connectivity index (χ4n) is 2.23. The molecule has 1 amide bonds. The maximum absolute atomic E-state index is 13.5. The van der Waals surface area contributed by atoms with Crippen molar-refractivity contribution in [3.8, 4) is 0 Å². The average molecular weight is 292 g/mol. The molecule has 0 heterocycles. The number of nitrogens with zero attached hydrogens (tertiary/aromatic N) is 1. The number of carbonyl (C=O) groups is 1. The van der Waals surface area contributed by atoms with Gasteiger partial charge in [-0.3, -0.25) is 4.79 Å². The Morgan fingerprint density at radius 2 is 1.68 bits per heavy atom. The number of hydrogen-bond acceptors (Lipinski definition) is 2. The summed E-state index contributed by atoms with van der Waals surface area (Å²) in [5.41, 5.74) is 3.19. The van der Waals surface area contributed by atoms with Crippen LogP contribution in [0.4, 0.5) is 4.39 Å². The standard InChI is InChI=1S/C18H13FN2O/c19-17-11-4-3-10-16(17)18(22)21-20-12-14-8-5-7-13-6-1-2-9-15(13)14/h1-12H,(H,21,22)/b20-12-. The number of rotatable bonds is 3. The van der Waals surface area contributed by atoms with E-state index in [0.717, 1.165) is 16.3 Å². The molecule has 0 aromatic heterocycles. The summed E-state index contributed by atoms with van der Waals surface area (Å²) in [6.07, 6.45) is 1.56. The van der Waals surface area contributed by atoms with Crippen LogP contribution in [-0.4, -0.2) is 12.1 Å². The highest BCUT2D eigenvalue weighted by Gasteiger charge is 2.09. The highest BCUT2D eigenvalue weighted by Crippen LogP contribution is 2.16. The van der Waals surface area contributed by atoms with Crippen LogP contribution in [0.25, 0.3) is 10.8 Å². The molecule has 0 aliphatic rings. The third-order valence-electron chi connectivity index (χ3n) is 3.31. The molecule has 0 spiro atoms. The summed E-state index contributed by atoms with van der Waals surface area (Å²) in [4.78, 5) is 11.9. The molecule has 108 valence electrons. The molecule has 3 nitrogen and oxygen atoms in total. The van der Waals surface area contributed by atoms with Gasteiger partial charge in [-0.1, -0.05) is 54.6 Å². The Morgan fingerprint density at radius 1 is 0.955 bits per heavy atom. The number of benzene rings is 3. The molecule has 0 unspecified atom stereocenters. The number of hydrogen-bond donors (Lipinski definition) is 1. The van der Waals surface area contributed by atoms with E-state index in [4.69, 9.17) is 0 Å². The first-order valence-electron chi connectivity index (χ1n) is 6.81. The number of amides is 1. The van der Waals surface area contributed by atoms with Crippen molar-refractivity contribution < 1.29 is 9.18 Å². The van der Waals surface area contributed by atoms with Gasteiger partial charge in [-0.05, 0) is 22.9 Å². The molecule has 4 heteroatoms. The van der Waals surface area contributed by atoms with Crippen LogP contribution in [0, 0.1) is 5.82 Å². The summed E-state index contributed by atoms with van der Waals surface area (Å²) in [6, 6.07) is 19.5. The first-order chi connectivity index (χ1) is 10.8. The molecule has 22 heavy (non-hydrogen) atoms. The van der Waals surface area contributed by atoms with E-state index in [9.17, 15) is 9.18 Å². The Bertz CT molecular complexity index is 853. The van der Waals surface area contributed by atoms with Crippen LogP contribution in [0.3, 0.4) is 0 Å². The molecular weight excluding hydrogens is 279 g/mol. The molecule has 0 atom stereocenters. The molecule has 0 bridgehead atoms. The zero-order chi connectivity index (χ0) is 15.4. The summed E-state index contributed by atoms with van der Waals surface area (Å²) >= 11 is 0. The lowest BCUT2D eigenvalue weighted by Gasteiger charge is -2.02. The second-order valence-electron chi connectivity index (χ2n) is 4.75. The molecule has 0 saturated carbocycles. The Kier molecular flexibility index (Phi) is 3.92. The van der Waals surface area contributed by atoms with E-state index in [2.05, 4.69) is 10.5 Å². The Hall–Kier alpha value is -3.01. The third-order valence-corrected chi connectivity index (χ3v) is 3.31. The number of fused-ring (bicyclic) bond motifs is 1. The summed E-state index contributed by atoms with van der Waals surface area (Å²) < 4.78 is 13.5. The van der Waals surface area contributed by atoms with Crippen molar-refractivity contribution in [2.45, 2.75) is 0 Å². The minimum absolute atomic E-state index is 0.0300. The van der Waals surface area contributed by atoms with Gasteiger partial charge in [0.2, 0.25) is 0 Å². The van der Waals surface area contributed by atoms with E-state index in [1.165, 1.54) is 18.2 Å². The van der Waals surface area contributed by atoms with Crippen LogP contribution in [0.2, 0.25) is 0 Å². The number of carbonyl (C=O) groups excluding carboxylic acids is 1. The topological polar surface area (TPSA) is 41.5 Å². The maximum Gasteiger partial charge on any atom is 0.274 e. The predicted molar refractivity (Wildman–Crippen MR) is 85.4 cm³/mol. The van der Waals surface area contributed by atoms with Crippen LogP contribution >= 0.6 is 0 Å². The summed E-state index contributed by atoms with van der Waals surface area (Å²) in [5, 5.41) is 6.04. The molecule has 0 saturated heterocycles. The Labute approximate surface area is 127 Å². The zero-order valence-corrected chi connectivity index (χ0v) is 11.7. The van der Waals surface area contributed by atoms with Crippen molar-refractivity contribution in [2.24, 2.45) is 5.10 Å². The van der Waals surface area contributed by atoms with Gasteiger partial charge in [-0.15, -0.1) is 0 Å². The summed E-state index contributed by atoms with van der Waals surface area (Å²) in [6.45, 7) is 0. The van der Waals surface area contributed by atoms with Crippen molar-refractivity contribution >= 4 is 22.9 Å². The zero-order valence-electron chi connectivity index (χ0n) is 11.7. The van der Waals surface area contributed by atoms with Gasteiger partial charge in [0.25, 0.3) is 5.91 Å². The normalized spacial score (nSPS) is 11.0. The number of halogens is 1. The van der Waals surface area contributed by atoms with Crippen LogP contribution in [0.5, 0.6) is 0 Å². The number of hydrazone groups is 1. The maximum atomic E-state index is 13.5. The van der Waals surface area contributed by atoms with Crippen molar-refractivity contribution in [3.63, 3.8) is 0 Å². The highest BCUT2D eigenvalue weighted by molar-refractivity contribution is 6.00. The van der Waals surface area contributed by atoms with Gasteiger partial charge in [0.1, 0.15) is 5.82 Å². The lowest BCUT2D eigenvalue weighted by molar-refractivity contribution is 0.0951. The monoisotopic (exact) mass is 292 g/mol. The molecule has 3 aromatic rings. The van der Waals surface area contributed by atoms with Gasteiger partial charge < -0.3 is 0 Å². The molecule has 0 radical (unpaired) electrons. The third kappa shape index (κ3) is 2.86. The Morgan fingerprint density at radius 3 is 2.55 bits per heavy atom. The lowest BCUT2D eigenvalue weighted by Crippen LogP contribution is -2.18. The fraction of sp³-hybridized carbons (Fsp3) is 0. The summed E-state index contributed by atoms with van der Waals surface area (Å²) in [5.74, 6) is -1.14. The summed E-state index contributed by atoms with van der Waals surface area (Å²) in [7, 11) is 0. The predicted octanol–water partition coefficient (Wildman–Crippen LogP) is 3.74. The van der Waals surface area contributed by atoms with E-state index < -0.39 is 11.7 Å². The SMILES string of the molecule is O=C(N/N=C\c1cccc2ccccc12)c1ccccc1F. The fourth-order valence-corrected chi connectivity index (χ4v) is 2.23. The van der Waals surface area contributed by atoms with E-state index in [-0.39, 0.29) is 5.56 Å². The quantitative estimate of drug-likeness (QED) is 0.580. The smallest absolute Gasteiger partial charge is 0.267 e. The van der Waals surface area contributed by atoms with Crippen molar-refractivity contribution in [2.75, 3.05) is 0 Å². The second-order valence-corrected chi connectivity index (χ2v) is 4.75. The van der Waals surface area contributed by atoms with E-state index in [0.29, 0.717) is 0 Å². The van der Waals surface area contributed by atoms with Gasteiger partial charge in [0.05, 0.1) is 11.8 Å². The molecular formula is C18H13FN2O. The molecule has 1 N–H and O–H groups in total. The average Bonchev–Trinajstić information content (AvgIpc) is 2.55. The molecule has 0 aliphatic heterocycles. The van der Waals surface area contributed by atoms with Crippen molar-refractivity contribution in [3.05, 3.63) is 83.7 Å². The van der Waals surface area contributed by atoms with E-state index in [1.807, 2.05) is 42.5 Å². The number of nitrogens with one attached hydrogen (secondary N) is 1. The van der Waals surface area contributed by atoms with Crippen LogP contribution < -0.4 is 5.43 Å². The molecule has 3 aromatic carbocycles. The second kappa shape index (κ2) is 6.18. The lowest BCUT2D eigenvalue weighted by atomic mass is 10.1. The molecule has 3 rings (SSSR count). The van der Waals surface area contributed by atoms with Crippen molar-refractivity contribution in [1.29, 1.82) is 0 Å². The van der Waals surface area contributed by atoms with Gasteiger partial charge >= 0.3 is 0 Å². The van der Waals surface area contributed by atoms with Crippen LogP contribution in [0.15, 0.2) is 71.8 Å². The van der Waals surface area contributed by atoms with E-state index >= 15 is 0 Å². The van der Waals surface area contributed by atoms with E-state index in [1.54, 1.807) is 12.3 Å². The van der Waals surface area contributed by atoms with Crippen molar-refractivity contribution in [1.82, 2.24) is 5.43 Å².